The fraction of sp³-hybridized carbons (Fsp3) is 0.216. The molecule has 356 valence electrons. The van der Waals surface area contributed by atoms with Gasteiger partial charge >= 0.3 is 0 Å². The molecule has 6 N–H and O–H groups in total. The van der Waals surface area contributed by atoms with Gasteiger partial charge in [-0.2, -0.15) is 20.4 Å². The number of amides is 4. The Morgan fingerprint density at radius 3 is 1.53 bits per heavy atom. The first-order chi connectivity index (χ1) is 32.9. The molecule has 19 heteroatoms. The van der Waals surface area contributed by atoms with Crippen LogP contribution in [0.5, 0.6) is 0 Å². The van der Waals surface area contributed by atoms with Gasteiger partial charge in [-0.05, 0) is 72.8 Å². The maximum atomic E-state index is 12.2. The molecular weight excluding hydrogens is 957 g/mol. The third kappa shape index (κ3) is 9.80. The van der Waals surface area contributed by atoms with Gasteiger partial charge in [0.15, 0.2) is 11.4 Å². The van der Waals surface area contributed by atoms with Crippen molar-refractivity contribution in [3.05, 3.63) is 131 Å². The van der Waals surface area contributed by atoms with Gasteiger partial charge in [0.05, 0.1) is 33.8 Å². The maximum absolute atomic E-state index is 12.2. The summed E-state index contributed by atoms with van der Waals surface area (Å²) in [4.78, 5) is 50.1. The average molecular weight is 1010 g/mol. The summed E-state index contributed by atoms with van der Waals surface area (Å²) in [5, 5.41) is 38.9. The van der Waals surface area contributed by atoms with E-state index in [2.05, 4.69) is 54.1 Å². The number of terminal acetylenes is 1. The number of fused-ring (bicyclic) bond motifs is 2. The molecule has 70 heavy (non-hydrogen) atoms. The first-order valence-electron chi connectivity index (χ1n) is 21.4. The van der Waals surface area contributed by atoms with Gasteiger partial charge in [-0.25, -0.2) is 9.36 Å². The standard InChI is InChI=1S/C25H22N6O3.C18H14BrN5O.C7H9NO2.CH4/c1-29-13-11-25(34,24(29)33)10-8-16-4-3-5-18(14-16)31-21-7-6-17(20-9-12-30(2)27-20)15-19(21)22(28-31)23(26)32;1-23-8-7-15(21-23)11-5-6-16-14(9-11)17(18(20)25)22-24(16)13-4-2-3-12(19)10-13;1-3-7(10)4-5-8(2)6(7)9;/h3-7,9,12,14-15,34H,11,13H2,1-2H3,(H2,26,32);2-10H,1H3,(H2,20,25);1,10H,4-5H2,2H3;1H4/t25-;;7-;/m0.0./s1. The van der Waals surface area contributed by atoms with Crippen LogP contribution in [0.25, 0.3) is 55.7 Å². The lowest BCUT2D eigenvalue weighted by atomic mass is 10.0. The highest BCUT2D eigenvalue weighted by Crippen LogP contribution is 2.30. The molecule has 0 aliphatic carbocycles. The van der Waals surface area contributed by atoms with E-state index < -0.39 is 28.9 Å². The highest BCUT2D eigenvalue weighted by Gasteiger charge is 2.43. The molecule has 8 aromatic rings. The summed E-state index contributed by atoms with van der Waals surface area (Å²) >= 11 is 3.46. The summed E-state index contributed by atoms with van der Waals surface area (Å²) < 4.78 is 7.73. The number of primary amides is 2. The molecule has 6 heterocycles. The summed E-state index contributed by atoms with van der Waals surface area (Å²) in [6.45, 7) is 0.999. The molecule has 2 aliphatic heterocycles. The Labute approximate surface area is 411 Å². The van der Waals surface area contributed by atoms with Crippen LogP contribution in [0.3, 0.4) is 0 Å². The second kappa shape index (κ2) is 19.7. The minimum absolute atomic E-state index is 0. The highest BCUT2D eigenvalue weighted by atomic mass is 79.9. The fourth-order valence-corrected chi connectivity index (χ4v) is 8.29. The minimum atomic E-state index is -1.68. The van der Waals surface area contributed by atoms with Crippen LogP contribution in [0, 0.1) is 24.2 Å². The van der Waals surface area contributed by atoms with E-state index in [9.17, 15) is 29.4 Å². The van der Waals surface area contributed by atoms with E-state index in [0.717, 1.165) is 38.2 Å². The van der Waals surface area contributed by atoms with Gasteiger partial charge in [-0.15, -0.1) is 6.42 Å². The Hall–Kier alpha value is -8.36. The van der Waals surface area contributed by atoms with Crippen molar-refractivity contribution in [2.75, 3.05) is 27.2 Å². The zero-order valence-electron chi connectivity index (χ0n) is 37.8. The molecule has 0 unspecified atom stereocenters. The number of likely N-dealkylation sites (N-methyl/N-ethyl adjacent to an activating group) is 2. The molecule has 2 aliphatic rings. The van der Waals surface area contributed by atoms with Crippen LogP contribution in [0.15, 0.2) is 114 Å². The van der Waals surface area contributed by atoms with Gasteiger partial charge in [0.1, 0.15) is 0 Å². The summed E-state index contributed by atoms with van der Waals surface area (Å²) in [5.74, 6) is 5.76. The van der Waals surface area contributed by atoms with Crippen molar-refractivity contribution < 1.29 is 29.4 Å². The smallest absolute Gasteiger partial charge is 0.269 e. The van der Waals surface area contributed by atoms with E-state index in [1.165, 1.54) is 9.80 Å². The monoisotopic (exact) mass is 1000 g/mol. The van der Waals surface area contributed by atoms with E-state index in [4.69, 9.17) is 17.9 Å². The molecule has 4 aromatic heterocycles. The minimum Gasteiger partial charge on any atom is -0.369 e. The van der Waals surface area contributed by atoms with E-state index >= 15 is 0 Å². The summed E-state index contributed by atoms with van der Waals surface area (Å²) in [6, 6.07) is 30.1. The lowest BCUT2D eigenvalue weighted by Crippen LogP contribution is -2.37. The molecule has 4 aromatic carbocycles. The predicted molar refractivity (Wildman–Crippen MR) is 268 cm³/mol. The van der Waals surface area contributed by atoms with Crippen LogP contribution in [0.1, 0.15) is 46.8 Å². The molecule has 18 nitrogen and oxygen atoms in total. The molecule has 10 rings (SSSR count). The largest absolute Gasteiger partial charge is 0.369 e. The normalized spacial score (nSPS) is 17.2. The van der Waals surface area contributed by atoms with Crippen molar-refractivity contribution in [3.63, 3.8) is 0 Å². The van der Waals surface area contributed by atoms with Crippen molar-refractivity contribution in [3.8, 4) is 58.1 Å². The number of rotatable bonds is 6. The zero-order chi connectivity index (χ0) is 49.4. The summed E-state index contributed by atoms with van der Waals surface area (Å²) in [5.41, 5.74) is 15.3. The van der Waals surface area contributed by atoms with Crippen LogP contribution in [0.4, 0.5) is 0 Å². The van der Waals surface area contributed by atoms with Crippen LogP contribution in [0.2, 0.25) is 0 Å². The number of halogens is 1. The van der Waals surface area contributed by atoms with Crippen molar-refractivity contribution in [2.24, 2.45) is 25.6 Å². The Bertz CT molecular complexity index is 3460. The number of nitrogens with zero attached hydrogens (tertiary/aromatic N) is 10. The zero-order valence-corrected chi connectivity index (χ0v) is 39.4. The molecular formula is C51H49BrN12O6. The van der Waals surface area contributed by atoms with Crippen LogP contribution in [-0.2, 0) is 23.7 Å². The lowest BCUT2D eigenvalue weighted by molar-refractivity contribution is -0.138. The summed E-state index contributed by atoms with van der Waals surface area (Å²) in [6.07, 6.45) is 9.30. The second-order valence-corrected chi connectivity index (χ2v) is 17.5. The Morgan fingerprint density at radius 1 is 0.657 bits per heavy atom. The molecule has 0 spiro atoms. The molecule has 0 radical (unpaired) electrons. The van der Waals surface area contributed by atoms with Crippen molar-refractivity contribution >= 4 is 61.4 Å². The van der Waals surface area contributed by atoms with Crippen molar-refractivity contribution in [1.82, 2.24) is 48.9 Å². The van der Waals surface area contributed by atoms with Gasteiger partial charge in [0.2, 0.25) is 11.2 Å². The van der Waals surface area contributed by atoms with Crippen LogP contribution < -0.4 is 11.5 Å². The number of likely N-dealkylation sites (tertiary alicyclic amines) is 2. The SMILES string of the molecule is C.C#C[C@]1(O)CCN(C)C1=O.CN1CC[C@@](O)(C#Cc2cccc(-n3nc(C(N)=O)c4cc(-c5ccn(C)n5)ccc43)c2)C1=O.Cn1ccc(-c2ccc3c(c2)c(C(N)=O)nn3-c2cccc(Br)c2)n1. The van der Waals surface area contributed by atoms with Gasteiger partial charge in [0, 0.05) is 98.5 Å². The molecule has 2 fully saturated rings. The van der Waals surface area contributed by atoms with Gasteiger partial charge in [-0.1, -0.05) is 65.4 Å². The number of benzene rings is 4. The van der Waals surface area contributed by atoms with E-state index in [-0.39, 0.29) is 31.1 Å². The maximum Gasteiger partial charge on any atom is 0.269 e. The third-order valence-electron chi connectivity index (χ3n) is 11.7. The molecule has 0 bridgehead atoms. The van der Waals surface area contributed by atoms with Crippen molar-refractivity contribution in [1.29, 1.82) is 0 Å². The first kappa shape index (κ1) is 49.5. The molecule has 2 atom stereocenters. The van der Waals surface area contributed by atoms with Gasteiger partial charge < -0.3 is 31.5 Å². The Kier molecular flexibility index (Phi) is 13.9. The molecule has 4 amide bonds. The third-order valence-corrected chi connectivity index (χ3v) is 12.2. The van der Waals surface area contributed by atoms with E-state index in [0.29, 0.717) is 47.1 Å². The Morgan fingerprint density at radius 2 is 1.13 bits per heavy atom. The van der Waals surface area contributed by atoms with E-state index in [1.54, 1.807) is 51.0 Å². The number of aromatic nitrogens is 8. The number of aliphatic hydroxyl groups is 2. The number of nitrogens with two attached hydrogens (primary N) is 2. The fourth-order valence-electron chi connectivity index (χ4n) is 7.91. The van der Waals surface area contributed by atoms with Gasteiger partial charge in [0.25, 0.3) is 23.6 Å². The highest BCUT2D eigenvalue weighted by molar-refractivity contribution is 9.10. The molecule has 0 saturated carbocycles. The number of carbonyl (C=O) groups excluding carboxylic acids is 4. The van der Waals surface area contributed by atoms with Crippen LogP contribution >= 0.6 is 15.9 Å². The van der Waals surface area contributed by atoms with Gasteiger partial charge in [-0.3, -0.25) is 28.5 Å². The topological polar surface area (TPSA) is 239 Å². The molecule has 2 saturated heterocycles. The summed E-state index contributed by atoms with van der Waals surface area (Å²) in [7, 11) is 6.96. The predicted octanol–water partition coefficient (Wildman–Crippen LogP) is 4.61. The quantitative estimate of drug-likeness (QED) is 0.169. The number of hydrogen-bond donors (Lipinski definition) is 4. The average Bonchev–Trinajstić information content (AvgIpc) is 4.21. The number of aryl methyl sites for hydroxylation is 2. The number of carbonyl (C=O) groups is 4. The first-order valence-corrected chi connectivity index (χ1v) is 22.2. The number of hydrogen-bond acceptors (Lipinski definition) is 10. The van der Waals surface area contributed by atoms with Crippen molar-refractivity contribution in [2.45, 2.75) is 31.5 Å². The Balaban J connectivity index is 0.000000175. The van der Waals surface area contributed by atoms with Crippen LogP contribution in [-0.4, -0.2) is 121 Å². The van der Waals surface area contributed by atoms with E-state index in [1.807, 2.05) is 105 Å². The second-order valence-electron chi connectivity index (χ2n) is 16.6. The lowest BCUT2D eigenvalue weighted by Gasteiger charge is -2.13.